The maximum atomic E-state index is 14.4. The van der Waals surface area contributed by atoms with Crippen molar-refractivity contribution in [2.24, 2.45) is 0 Å². The number of rotatable bonds is 8. The quantitative estimate of drug-likeness (QED) is 0.441. The van der Waals surface area contributed by atoms with Gasteiger partial charge < -0.3 is 14.5 Å². The second-order valence-corrected chi connectivity index (χ2v) is 7.61. The Bertz CT molecular complexity index is 1120. The number of nitrogens with zero attached hydrogens (tertiary/aromatic N) is 3. The zero-order valence-electron chi connectivity index (χ0n) is 16.4. The summed E-state index contributed by atoms with van der Waals surface area (Å²) in [6, 6.07) is 12.5. The maximum absolute atomic E-state index is 14.4. The summed E-state index contributed by atoms with van der Waals surface area (Å²) < 4.78 is 16.3. The predicted molar refractivity (Wildman–Crippen MR) is 116 cm³/mol. The lowest BCUT2D eigenvalue weighted by Crippen LogP contribution is -2.33. The second-order valence-electron chi connectivity index (χ2n) is 7.21. The molecule has 1 N–H and O–H groups in total. The lowest BCUT2D eigenvalue weighted by atomic mass is 10.1. The molecular formula is C23H22ClFN4O. The SMILES string of the molecule is O=C(Cc1c[nH]c2ccccc12)N(CCCn1ccnc1)Cc1c(F)cccc1Cl. The Kier molecular flexibility index (Phi) is 6.14. The van der Waals surface area contributed by atoms with Gasteiger partial charge in [-0.2, -0.15) is 0 Å². The molecular weight excluding hydrogens is 403 g/mol. The minimum absolute atomic E-state index is 0.0651. The number of halogens is 2. The van der Waals surface area contributed by atoms with E-state index in [0.29, 0.717) is 17.1 Å². The molecule has 7 heteroatoms. The molecule has 5 nitrogen and oxygen atoms in total. The molecule has 0 aliphatic rings. The third-order valence-electron chi connectivity index (χ3n) is 5.18. The number of aryl methyl sites for hydroxylation is 1. The number of hydrogen-bond acceptors (Lipinski definition) is 2. The number of carbonyl (C=O) groups excluding carboxylic acids is 1. The number of imidazole rings is 1. The first-order valence-corrected chi connectivity index (χ1v) is 10.2. The number of nitrogens with one attached hydrogen (secondary N) is 1. The molecule has 0 radical (unpaired) electrons. The third kappa shape index (κ3) is 4.54. The molecule has 2 aromatic carbocycles. The van der Waals surface area contributed by atoms with Gasteiger partial charge in [0, 0.05) is 59.7 Å². The highest BCUT2D eigenvalue weighted by atomic mass is 35.5. The number of H-pyrrole nitrogens is 1. The maximum Gasteiger partial charge on any atom is 0.227 e. The van der Waals surface area contributed by atoms with Crippen LogP contribution in [0.1, 0.15) is 17.5 Å². The van der Waals surface area contributed by atoms with Crippen LogP contribution >= 0.6 is 11.6 Å². The van der Waals surface area contributed by atoms with Crippen LogP contribution in [0.2, 0.25) is 5.02 Å². The molecule has 2 heterocycles. The van der Waals surface area contributed by atoms with E-state index in [1.54, 1.807) is 29.6 Å². The summed E-state index contributed by atoms with van der Waals surface area (Å²) in [6.07, 6.45) is 8.17. The van der Waals surface area contributed by atoms with E-state index in [1.165, 1.54) is 6.07 Å². The topological polar surface area (TPSA) is 53.9 Å². The highest BCUT2D eigenvalue weighted by Crippen LogP contribution is 2.23. The second kappa shape index (κ2) is 9.13. The van der Waals surface area contributed by atoms with Gasteiger partial charge in [0.1, 0.15) is 5.82 Å². The first-order valence-electron chi connectivity index (χ1n) is 9.83. The summed E-state index contributed by atoms with van der Waals surface area (Å²) in [4.78, 5) is 22.1. The minimum atomic E-state index is -0.401. The van der Waals surface area contributed by atoms with Crippen molar-refractivity contribution in [2.75, 3.05) is 6.54 Å². The van der Waals surface area contributed by atoms with Gasteiger partial charge in [0.25, 0.3) is 0 Å². The van der Waals surface area contributed by atoms with Gasteiger partial charge in [-0.3, -0.25) is 4.79 Å². The van der Waals surface area contributed by atoms with Gasteiger partial charge in [0.15, 0.2) is 0 Å². The van der Waals surface area contributed by atoms with E-state index in [1.807, 2.05) is 41.2 Å². The van der Waals surface area contributed by atoms with Crippen LogP contribution in [0.5, 0.6) is 0 Å². The molecule has 30 heavy (non-hydrogen) atoms. The van der Waals surface area contributed by atoms with Crippen LogP contribution in [0.25, 0.3) is 10.9 Å². The van der Waals surface area contributed by atoms with E-state index >= 15 is 0 Å². The smallest absolute Gasteiger partial charge is 0.227 e. The number of para-hydroxylation sites is 1. The van der Waals surface area contributed by atoms with Crippen LogP contribution in [-0.2, 0) is 24.3 Å². The van der Waals surface area contributed by atoms with Crippen LogP contribution in [0, 0.1) is 5.82 Å². The van der Waals surface area contributed by atoms with Crippen LogP contribution in [0.3, 0.4) is 0 Å². The van der Waals surface area contributed by atoms with Gasteiger partial charge in [0.05, 0.1) is 12.7 Å². The number of hydrogen-bond donors (Lipinski definition) is 1. The third-order valence-corrected chi connectivity index (χ3v) is 5.54. The molecule has 0 aliphatic carbocycles. The molecule has 0 aliphatic heterocycles. The fraction of sp³-hybridized carbons (Fsp3) is 0.217. The van der Waals surface area contributed by atoms with E-state index in [0.717, 1.165) is 29.4 Å². The number of amides is 1. The normalized spacial score (nSPS) is 11.1. The average Bonchev–Trinajstić information content (AvgIpc) is 3.40. The molecule has 0 fully saturated rings. The average molecular weight is 425 g/mol. The lowest BCUT2D eigenvalue weighted by Gasteiger charge is -2.24. The molecule has 0 bridgehead atoms. The van der Waals surface area contributed by atoms with Gasteiger partial charge in [-0.05, 0) is 30.2 Å². The number of fused-ring (bicyclic) bond motifs is 1. The zero-order valence-corrected chi connectivity index (χ0v) is 17.1. The summed E-state index contributed by atoms with van der Waals surface area (Å²) in [5.74, 6) is -0.466. The van der Waals surface area contributed by atoms with Crippen molar-refractivity contribution >= 4 is 28.4 Å². The minimum Gasteiger partial charge on any atom is -0.361 e. The Labute approximate surface area is 179 Å². The first kappa shape index (κ1) is 20.2. The first-order chi connectivity index (χ1) is 14.6. The predicted octanol–water partition coefficient (Wildman–Crippen LogP) is 4.82. The molecule has 4 rings (SSSR count). The summed E-state index contributed by atoms with van der Waals surface area (Å²) >= 11 is 6.22. The Hall–Kier alpha value is -3.12. The Morgan fingerprint density at radius 1 is 1.20 bits per heavy atom. The standard InChI is InChI=1S/C23H22ClFN4O/c24-20-6-3-7-21(25)19(20)15-29(11-4-10-28-12-9-26-16-28)23(30)13-17-14-27-22-8-2-1-5-18(17)22/h1-3,5-9,12,14,16,27H,4,10-11,13,15H2. The van der Waals surface area contributed by atoms with Crippen molar-refractivity contribution in [3.63, 3.8) is 0 Å². The molecule has 154 valence electrons. The molecule has 2 aromatic heterocycles. The lowest BCUT2D eigenvalue weighted by molar-refractivity contribution is -0.131. The Morgan fingerprint density at radius 3 is 2.87 bits per heavy atom. The molecule has 1 amide bonds. The molecule has 0 atom stereocenters. The van der Waals surface area contributed by atoms with Crippen LogP contribution in [-0.4, -0.2) is 31.9 Å². The monoisotopic (exact) mass is 424 g/mol. The number of aromatic nitrogens is 3. The van der Waals surface area contributed by atoms with Gasteiger partial charge >= 0.3 is 0 Å². The molecule has 0 saturated carbocycles. The van der Waals surface area contributed by atoms with Crippen molar-refractivity contribution in [3.05, 3.63) is 89.3 Å². The number of aromatic amines is 1. The van der Waals surface area contributed by atoms with Gasteiger partial charge in [0.2, 0.25) is 5.91 Å². The highest BCUT2D eigenvalue weighted by molar-refractivity contribution is 6.31. The summed E-state index contributed by atoms with van der Waals surface area (Å²) in [5, 5.41) is 1.35. The van der Waals surface area contributed by atoms with Crippen molar-refractivity contribution in [1.82, 2.24) is 19.4 Å². The fourth-order valence-corrected chi connectivity index (χ4v) is 3.80. The van der Waals surface area contributed by atoms with E-state index < -0.39 is 5.82 Å². The van der Waals surface area contributed by atoms with Crippen molar-refractivity contribution < 1.29 is 9.18 Å². The Morgan fingerprint density at radius 2 is 2.07 bits per heavy atom. The van der Waals surface area contributed by atoms with E-state index in [-0.39, 0.29) is 18.9 Å². The van der Waals surface area contributed by atoms with E-state index in [9.17, 15) is 9.18 Å². The summed E-state index contributed by atoms with van der Waals surface area (Å²) in [7, 11) is 0. The van der Waals surface area contributed by atoms with Crippen molar-refractivity contribution in [3.8, 4) is 0 Å². The van der Waals surface area contributed by atoms with Gasteiger partial charge in [-0.1, -0.05) is 35.9 Å². The fourth-order valence-electron chi connectivity index (χ4n) is 3.58. The number of carbonyl (C=O) groups is 1. The molecule has 0 unspecified atom stereocenters. The molecule has 4 aromatic rings. The van der Waals surface area contributed by atoms with Gasteiger partial charge in [-0.15, -0.1) is 0 Å². The molecule has 0 saturated heterocycles. The van der Waals surface area contributed by atoms with E-state index in [4.69, 9.17) is 11.6 Å². The Balaban J connectivity index is 1.52. The molecule has 0 spiro atoms. The zero-order chi connectivity index (χ0) is 20.9. The van der Waals surface area contributed by atoms with Crippen LogP contribution < -0.4 is 0 Å². The van der Waals surface area contributed by atoms with Gasteiger partial charge in [-0.25, -0.2) is 9.37 Å². The summed E-state index contributed by atoms with van der Waals surface area (Å²) in [6.45, 7) is 1.35. The number of benzene rings is 2. The van der Waals surface area contributed by atoms with Crippen LogP contribution in [0.15, 0.2) is 67.4 Å². The van der Waals surface area contributed by atoms with Crippen molar-refractivity contribution in [1.29, 1.82) is 0 Å². The van der Waals surface area contributed by atoms with E-state index in [2.05, 4.69) is 9.97 Å². The largest absolute Gasteiger partial charge is 0.361 e. The van der Waals surface area contributed by atoms with Crippen LogP contribution in [0.4, 0.5) is 4.39 Å². The highest BCUT2D eigenvalue weighted by Gasteiger charge is 2.19. The van der Waals surface area contributed by atoms with Crippen molar-refractivity contribution in [2.45, 2.75) is 25.9 Å². The summed E-state index contributed by atoms with van der Waals surface area (Å²) in [5.41, 5.74) is 2.26.